The lowest BCUT2D eigenvalue weighted by atomic mass is 10.1. The van der Waals surface area contributed by atoms with Crippen LogP contribution in [0.1, 0.15) is 17.3 Å². The summed E-state index contributed by atoms with van der Waals surface area (Å²) < 4.78 is 6.00. The third-order valence-corrected chi connectivity index (χ3v) is 2.82. The van der Waals surface area contributed by atoms with Crippen molar-refractivity contribution in [2.45, 2.75) is 12.5 Å². The minimum absolute atomic E-state index is 0.0208. The summed E-state index contributed by atoms with van der Waals surface area (Å²) in [5.74, 6) is 5.51. The zero-order valence-electron chi connectivity index (χ0n) is 8.56. The molecular weight excluding hydrogens is 270 g/mol. The number of nitrogens with zero attached hydrogens (tertiary/aromatic N) is 1. The fourth-order valence-corrected chi connectivity index (χ4v) is 1.72. The van der Waals surface area contributed by atoms with Crippen molar-refractivity contribution in [2.24, 2.45) is 5.84 Å². The highest BCUT2D eigenvalue weighted by atomic mass is 79.9. The number of halogens is 1. The predicted molar refractivity (Wildman–Crippen MR) is 64.4 cm³/mol. The van der Waals surface area contributed by atoms with Crippen LogP contribution in [-0.2, 0) is 6.42 Å². The second-order valence-corrected chi connectivity index (χ2v) is 4.36. The Morgan fingerprint density at radius 2 is 2.31 bits per heavy atom. The lowest BCUT2D eigenvalue weighted by Crippen LogP contribution is -2.29. The van der Waals surface area contributed by atoms with Crippen molar-refractivity contribution >= 4 is 15.9 Å². The molecular formula is C11H12BrN3O. The maximum atomic E-state index is 5.51. The van der Waals surface area contributed by atoms with Crippen LogP contribution in [0.4, 0.5) is 0 Å². The van der Waals surface area contributed by atoms with Crippen LogP contribution < -0.4 is 11.3 Å². The largest absolute Gasteiger partial charge is 0.472 e. The molecule has 0 aliphatic heterocycles. The minimum atomic E-state index is 0.0208. The summed E-state index contributed by atoms with van der Waals surface area (Å²) in [6.45, 7) is 0. The molecule has 0 aliphatic rings. The molecule has 16 heavy (non-hydrogen) atoms. The van der Waals surface area contributed by atoms with Gasteiger partial charge in [-0.25, -0.2) is 0 Å². The van der Waals surface area contributed by atoms with Crippen molar-refractivity contribution in [3.63, 3.8) is 0 Å². The van der Waals surface area contributed by atoms with Crippen LogP contribution in [0.25, 0.3) is 0 Å². The van der Waals surface area contributed by atoms with E-state index < -0.39 is 0 Å². The normalized spacial score (nSPS) is 12.6. The zero-order valence-corrected chi connectivity index (χ0v) is 10.1. The number of pyridine rings is 1. The van der Waals surface area contributed by atoms with Crippen LogP contribution >= 0.6 is 15.9 Å². The van der Waals surface area contributed by atoms with E-state index in [1.54, 1.807) is 18.7 Å². The van der Waals surface area contributed by atoms with E-state index in [9.17, 15) is 0 Å². The van der Waals surface area contributed by atoms with E-state index in [0.29, 0.717) is 0 Å². The van der Waals surface area contributed by atoms with E-state index in [1.807, 2.05) is 18.2 Å². The summed E-state index contributed by atoms with van der Waals surface area (Å²) in [4.78, 5) is 4.30. The number of hydrogen-bond donors (Lipinski definition) is 2. The SMILES string of the molecule is NNC(Cc1ccc(Br)cn1)c1ccoc1. The van der Waals surface area contributed by atoms with Gasteiger partial charge in [-0.2, -0.15) is 0 Å². The predicted octanol–water partition coefficient (Wildman–Crippen LogP) is 2.18. The molecule has 4 nitrogen and oxygen atoms in total. The number of hydrazine groups is 1. The van der Waals surface area contributed by atoms with Gasteiger partial charge in [-0.1, -0.05) is 0 Å². The summed E-state index contributed by atoms with van der Waals surface area (Å²) in [6.07, 6.45) is 5.82. The third kappa shape index (κ3) is 2.69. The highest BCUT2D eigenvalue weighted by Crippen LogP contribution is 2.17. The van der Waals surface area contributed by atoms with Gasteiger partial charge in [0.05, 0.1) is 18.6 Å². The summed E-state index contributed by atoms with van der Waals surface area (Å²) in [6, 6.07) is 5.84. The Bertz CT molecular complexity index is 427. The molecule has 0 spiro atoms. The van der Waals surface area contributed by atoms with Crippen LogP contribution in [0.3, 0.4) is 0 Å². The molecule has 0 saturated carbocycles. The molecule has 0 radical (unpaired) electrons. The number of nitrogens with two attached hydrogens (primary N) is 1. The first-order chi connectivity index (χ1) is 7.79. The number of rotatable bonds is 4. The molecule has 2 aromatic rings. The molecule has 84 valence electrons. The molecule has 3 N–H and O–H groups in total. The Labute approximate surface area is 102 Å². The zero-order chi connectivity index (χ0) is 11.4. The maximum absolute atomic E-state index is 5.51. The molecule has 0 saturated heterocycles. The van der Waals surface area contributed by atoms with Crippen LogP contribution in [-0.4, -0.2) is 4.98 Å². The highest BCUT2D eigenvalue weighted by molar-refractivity contribution is 9.10. The van der Waals surface area contributed by atoms with Gasteiger partial charge < -0.3 is 4.42 Å². The molecule has 0 aromatic carbocycles. The van der Waals surface area contributed by atoms with Crippen molar-refractivity contribution in [1.82, 2.24) is 10.4 Å². The average molecular weight is 282 g/mol. The molecule has 1 unspecified atom stereocenters. The summed E-state index contributed by atoms with van der Waals surface area (Å²) in [7, 11) is 0. The molecule has 2 aromatic heterocycles. The molecule has 0 fully saturated rings. The third-order valence-electron chi connectivity index (χ3n) is 2.35. The molecule has 2 rings (SSSR count). The number of furan rings is 1. The minimum Gasteiger partial charge on any atom is -0.472 e. The van der Waals surface area contributed by atoms with Crippen molar-refractivity contribution in [3.8, 4) is 0 Å². The lowest BCUT2D eigenvalue weighted by Gasteiger charge is -2.13. The maximum Gasteiger partial charge on any atom is 0.0951 e. The number of nitrogens with one attached hydrogen (secondary N) is 1. The molecule has 5 heteroatoms. The Kier molecular flexibility index (Phi) is 3.71. The van der Waals surface area contributed by atoms with E-state index in [4.69, 9.17) is 10.3 Å². The van der Waals surface area contributed by atoms with E-state index in [0.717, 1.165) is 22.2 Å². The Morgan fingerprint density at radius 3 is 2.88 bits per heavy atom. The van der Waals surface area contributed by atoms with E-state index in [-0.39, 0.29) is 6.04 Å². The second kappa shape index (κ2) is 5.25. The molecule has 1 atom stereocenters. The Hall–Kier alpha value is -1.17. The van der Waals surface area contributed by atoms with E-state index >= 15 is 0 Å². The number of aromatic nitrogens is 1. The van der Waals surface area contributed by atoms with Gasteiger partial charge in [0, 0.05) is 28.3 Å². The fraction of sp³-hybridized carbons (Fsp3) is 0.182. The van der Waals surface area contributed by atoms with Gasteiger partial charge in [-0.15, -0.1) is 0 Å². The average Bonchev–Trinajstić information content (AvgIpc) is 2.82. The molecule has 0 bridgehead atoms. The van der Waals surface area contributed by atoms with Gasteiger partial charge >= 0.3 is 0 Å². The number of hydrogen-bond acceptors (Lipinski definition) is 4. The molecule has 0 amide bonds. The van der Waals surface area contributed by atoms with Crippen molar-refractivity contribution < 1.29 is 4.42 Å². The van der Waals surface area contributed by atoms with Crippen molar-refractivity contribution in [2.75, 3.05) is 0 Å². The van der Waals surface area contributed by atoms with Crippen LogP contribution in [0, 0.1) is 0 Å². The topological polar surface area (TPSA) is 64.1 Å². The summed E-state index contributed by atoms with van der Waals surface area (Å²) >= 11 is 3.35. The molecule has 2 heterocycles. The fourth-order valence-electron chi connectivity index (χ4n) is 1.48. The second-order valence-electron chi connectivity index (χ2n) is 3.45. The Morgan fingerprint density at radius 1 is 1.44 bits per heavy atom. The Balaban J connectivity index is 2.10. The van der Waals surface area contributed by atoms with Crippen LogP contribution in [0.15, 0.2) is 45.8 Å². The van der Waals surface area contributed by atoms with Gasteiger partial charge in [0.2, 0.25) is 0 Å². The molecule has 0 aliphatic carbocycles. The van der Waals surface area contributed by atoms with E-state index in [2.05, 4.69) is 26.3 Å². The van der Waals surface area contributed by atoms with Crippen LogP contribution in [0.5, 0.6) is 0 Å². The summed E-state index contributed by atoms with van der Waals surface area (Å²) in [5, 5.41) is 0. The standard InChI is InChI=1S/C11H12BrN3O/c12-9-1-2-10(14-6-9)5-11(15-13)8-3-4-16-7-8/h1-4,6-7,11,15H,5,13H2. The van der Waals surface area contributed by atoms with Gasteiger partial charge in [0.15, 0.2) is 0 Å². The van der Waals surface area contributed by atoms with Crippen LogP contribution in [0.2, 0.25) is 0 Å². The van der Waals surface area contributed by atoms with E-state index in [1.165, 1.54) is 0 Å². The summed E-state index contributed by atoms with van der Waals surface area (Å²) in [5.41, 5.74) is 4.76. The smallest absolute Gasteiger partial charge is 0.0951 e. The first-order valence-corrected chi connectivity index (χ1v) is 5.67. The highest BCUT2D eigenvalue weighted by Gasteiger charge is 2.12. The van der Waals surface area contributed by atoms with Gasteiger partial charge in [-0.05, 0) is 34.1 Å². The first kappa shape index (κ1) is 11.3. The quantitative estimate of drug-likeness (QED) is 0.666. The first-order valence-electron chi connectivity index (χ1n) is 4.88. The lowest BCUT2D eigenvalue weighted by molar-refractivity contribution is 0.522. The monoisotopic (exact) mass is 281 g/mol. The van der Waals surface area contributed by atoms with Crippen molar-refractivity contribution in [1.29, 1.82) is 0 Å². The van der Waals surface area contributed by atoms with Crippen molar-refractivity contribution in [3.05, 3.63) is 52.7 Å². The van der Waals surface area contributed by atoms with Gasteiger partial charge in [0.1, 0.15) is 0 Å². The van der Waals surface area contributed by atoms with Gasteiger partial charge in [0.25, 0.3) is 0 Å². The van der Waals surface area contributed by atoms with Gasteiger partial charge in [-0.3, -0.25) is 16.3 Å².